The van der Waals surface area contributed by atoms with E-state index in [-0.39, 0.29) is 11.5 Å². The number of carbonyl (C=O) groups is 1. The van der Waals surface area contributed by atoms with Crippen LogP contribution in [0.4, 0.5) is 5.69 Å². The molecule has 1 aromatic heterocycles. The highest BCUT2D eigenvalue weighted by atomic mass is 32.2. The summed E-state index contributed by atoms with van der Waals surface area (Å²) in [6, 6.07) is 13.1. The van der Waals surface area contributed by atoms with E-state index in [0.29, 0.717) is 28.2 Å². The number of hydrogen-bond acceptors (Lipinski definition) is 8. The van der Waals surface area contributed by atoms with Crippen molar-refractivity contribution in [1.29, 1.82) is 0 Å². The van der Waals surface area contributed by atoms with Crippen molar-refractivity contribution >= 4 is 23.2 Å². The minimum absolute atomic E-state index is 0.112. The average molecular weight is 428 g/mol. The first-order valence-electron chi connectivity index (χ1n) is 9.66. The van der Waals surface area contributed by atoms with Crippen LogP contribution in [0.5, 0.6) is 11.5 Å². The van der Waals surface area contributed by atoms with Gasteiger partial charge in [0.05, 0.1) is 25.5 Å². The number of thioether (sulfide) groups is 1. The van der Waals surface area contributed by atoms with Crippen LogP contribution in [-0.4, -0.2) is 49.0 Å². The van der Waals surface area contributed by atoms with Crippen LogP contribution in [0.15, 0.2) is 52.1 Å². The van der Waals surface area contributed by atoms with Gasteiger partial charge in [-0.25, -0.2) is 0 Å². The van der Waals surface area contributed by atoms with Crippen molar-refractivity contribution in [3.8, 4) is 23.0 Å². The molecule has 3 rings (SSSR count). The number of Topliss-reactive ketones (excluding diaryl/α,β-unsaturated/α-hetero) is 1. The third kappa shape index (κ3) is 4.94. The van der Waals surface area contributed by atoms with Crippen LogP contribution in [0, 0.1) is 0 Å². The maximum absolute atomic E-state index is 12.7. The van der Waals surface area contributed by atoms with Crippen molar-refractivity contribution < 1.29 is 18.7 Å². The number of nitrogens with zero attached hydrogens (tertiary/aromatic N) is 3. The Morgan fingerprint density at radius 1 is 1.03 bits per heavy atom. The lowest BCUT2D eigenvalue weighted by molar-refractivity contribution is 0.101. The molecular formula is C22H25N3O4S. The molecule has 0 atom stereocenters. The molecule has 30 heavy (non-hydrogen) atoms. The van der Waals surface area contributed by atoms with Crippen molar-refractivity contribution in [3.63, 3.8) is 0 Å². The third-order valence-electron chi connectivity index (χ3n) is 4.68. The molecule has 2 aromatic carbocycles. The van der Waals surface area contributed by atoms with Gasteiger partial charge in [0.25, 0.3) is 5.22 Å². The number of benzene rings is 2. The zero-order valence-corrected chi connectivity index (χ0v) is 18.4. The summed E-state index contributed by atoms with van der Waals surface area (Å²) in [7, 11) is 3.08. The number of hydrogen-bond donors (Lipinski definition) is 0. The molecule has 0 spiro atoms. The lowest BCUT2D eigenvalue weighted by Gasteiger charge is -2.20. The van der Waals surface area contributed by atoms with Gasteiger partial charge in [0, 0.05) is 24.3 Å². The Hall–Kier alpha value is -3.00. The SMILES string of the molecule is CCN(CC)c1ccc(-c2nnc(SCC(=O)c3cc(OC)ccc3OC)o2)cc1. The zero-order chi connectivity index (χ0) is 21.5. The minimum Gasteiger partial charge on any atom is -0.497 e. The van der Waals surface area contributed by atoms with E-state index in [9.17, 15) is 4.79 Å². The van der Waals surface area contributed by atoms with Gasteiger partial charge in [-0.2, -0.15) is 0 Å². The maximum Gasteiger partial charge on any atom is 0.277 e. The summed E-state index contributed by atoms with van der Waals surface area (Å²) in [6.07, 6.45) is 0. The van der Waals surface area contributed by atoms with Gasteiger partial charge in [-0.1, -0.05) is 11.8 Å². The summed E-state index contributed by atoms with van der Waals surface area (Å²) < 4.78 is 16.2. The number of aromatic nitrogens is 2. The van der Waals surface area contributed by atoms with E-state index in [1.807, 2.05) is 24.3 Å². The van der Waals surface area contributed by atoms with Gasteiger partial charge >= 0.3 is 0 Å². The lowest BCUT2D eigenvalue weighted by atomic mass is 10.1. The van der Waals surface area contributed by atoms with E-state index < -0.39 is 0 Å². The number of carbonyl (C=O) groups excluding carboxylic acids is 1. The van der Waals surface area contributed by atoms with Crippen molar-refractivity contribution in [1.82, 2.24) is 10.2 Å². The fourth-order valence-corrected chi connectivity index (χ4v) is 3.67. The fraction of sp³-hybridized carbons (Fsp3) is 0.318. The maximum atomic E-state index is 12.7. The lowest BCUT2D eigenvalue weighted by Crippen LogP contribution is -2.21. The van der Waals surface area contributed by atoms with E-state index in [1.165, 1.54) is 18.9 Å². The Kier molecular flexibility index (Phi) is 7.35. The van der Waals surface area contributed by atoms with Crippen molar-refractivity contribution in [3.05, 3.63) is 48.0 Å². The van der Waals surface area contributed by atoms with Crippen LogP contribution in [0.25, 0.3) is 11.5 Å². The van der Waals surface area contributed by atoms with Crippen molar-refractivity contribution in [2.24, 2.45) is 0 Å². The summed E-state index contributed by atoms with van der Waals surface area (Å²) in [5, 5.41) is 8.50. The number of methoxy groups -OCH3 is 2. The molecule has 158 valence electrons. The quantitative estimate of drug-likeness (QED) is 0.344. The smallest absolute Gasteiger partial charge is 0.277 e. The van der Waals surface area contributed by atoms with Crippen LogP contribution in [0.2, 0.25) is 0 Å². The minimum atomic E-state index is -0.112. The van der Waals surface area contributed by atoms with Crippen molar-refractivity contribution in [2.75, 3.05) is 38.0 Å². The Labute approximate surface area is 180 Å². The van der Waals surface area contributed by atoms with E-state index in [0.717, 1.165) is 24.3 Å². The molecule has 1 heterocycles. The molecule has 0 N–H and O–H groups in total. The molecule has 0 aliphatic carbocycles. The predicted octanol–water partition coefficient (Wildman–Crippen LogP) is 4.58. The second kappa shape index (κ2) is 10.2. The molecule has 0 radical (unpaired) electrons. The molecule has 0 saturated heterocycles. The first kappa shape index (κ1) is 21.7. The highest BCUT2D eigenvalue weighted by Crippen LogP contribution is 2.28. The first-order valence-corrected chi connectivity index (χ1v) is 10.6. The molecule has 0 bridgehead atoms. The molecule has 0 aliphatic heterocycles. The molecule has 7 nitrogen and oxygen atoms in total. The second-order valence-electron chi connectivity index (χ2n) is 6.37. The summed E-state index contributed by atoms with van der Waals surface area (Å²) >= 11 is 1.19. The van der Waals surface area contributed by atoms with Crippen LogP contribution >= 0.6 is 11.8 Å². The highest BCUT2D eigenvalue weighted by molar-refractivity contribution is 7.99. The van der Waals surface area contributed by atoms with Crippen LogP contribution in [0.3, 0.4) is 0 Å². The normalized spacial score (nSPS) is 10.7. The molecule has 0 amide bonds. The van der Waals surface area contributed by atoms with Crippen molar-refractivity contribution in [2.45, 2.75) is 19.1 Å². The van der Waals surface area contributed by atoms with Crippen LogP contribution < -0.4 is 14.4 Å². The van der Waals surface area contributed by atoms with Gasteiger partial charge in [0.1, 0.15) is 11.5 Å². The standard InChI is InChI=1S/C22H25N3O4S/c1-5-25(6-2)16-9-7-15(8-10-16)21-23-24-22(29-21)30-14-19(26)18-13-17(27-3)11-12-20(18)28-4/h7-13H,5-6,14H2,1-4H3. The Balaban J connectivity index is 1.67. The molecular weight excluding hydrogens is 402 g/mol. The first-order chi connectivity index (χ1) is 14.6. The number of ether oxygens (including phenoxy) is 2. The molecule has 0 fully saturated rings. The zero-order valence-electron chi connectivity index (χ0n) is 17.5. The molecule has 8 heteroatoms. The Morgan fingerprint density at radius 2 is 1.77 bits per heavy atom. The molecule has 0 saturated carbocycles. The fourth-order valence-electron chi connectivity index (χ4n) is 3.03. The predicted molar refractivity (Wildman–Crippen MR) is 118 cm³/mol. The molecule has 0 unspecified atom stereocenters. The van der Waals surface area contributed by atoms with Crippen LogP contribution in [-0.2, 0) is 0 Å². The topological polar surface area (TPSA) is 77.7 Å². The number of anilines is 1. The summed E-state index contributed by atoms with van der Waals surface area (Å²) in [4.78, 5) is 14.9. The Morgan fingerprint density at radius 3 is 2.40 bits per heavy atom. The Bertz CT molecular complexity index is 984. The molecule has 0 aliphatic rings. The number of rotatable bonds is 10. The van der Waals surface area contributed by atoms with Gasteiger partial charge in [-0.15, -0.1) is 10.2 Å². The van der Waals surface area contributed by atoms with Gasteiger partial charge in [0.2, 0.25) is 5.89 Å². The molecule has 3 aromatic rings. The van der Waals surface area contributed by atoms with Gasteiger partial charge in [0.15, 0.2) is 5.78 Å². The van der Waals surface area contributed by atoms with Gasteiger partial charge in [-0.05, 0) is 56.3 Å². The average Bonchev–Trinajstić information content (AvgIpc) is 3.27. The number of ketones is 1. The van der Waals surface area contributed by atoms with Gasteiger partial charge < -0.3 is 18.8 Å². The summed E-state index contributed by atoms with van der Waals surface area (Å²) in [5.41, 5.74) is 2.44. The summed E-state index contributed by atoms with van der Waals surface area (Å²) in [6.45, 7) is 6.15. The summed E-state index contributed by atoms with van der Waals surface area (Å²) in [5.74, 6) is 1.55. The van der Waals surface area contributed by atoms with E-state index in [1.54, 1.807) is 25.3 Å². The van der Waals surface area contributed by atoms with E-state index >= 15 is 0 Å². The second-order valence-corrected chi connectivity index (χ2v) is 7.30. The van der Waals surface area contributed by atoms with E-state index in [2.05, 4.69) is 28.9 Å². The largest absolute Gasteiger partial charge is 0.497 e. The monoisotopic (exact) mass is 427 g/mol. The van der Waals surface area contributed by atoms with Crippen LogP contribution in [0.1, 0.15) is 24.2 Å². The highest BCUT2D eigenvalue weighted by Gasteiger charge is 2.17. The third-order valence-corrected chi connectivity index (χ3v) is 5.50. The van der Waals surface area contributed by atoms with Gasteiger partial charge in [-0.3, -0.25) is 4.79 Å². The van der Waals surface area contributed by atoms with E-state index in [4.69, 9.17) is 13.9 Å².